The van der Waals surface area contributed by atoms with Crippen molar-refractivity contribution < 1.29 is 0 Å². The van der Waals surface area contributed by atoms with Crippen LogP contribution in [0.2, 0.25) is 0 Å². The zero-order valence-electron chi connectivity index (χ0n) is 6.48. The van der Waals surface area contributed by atoms with Crippen LogP contribution in [0.25, 0.3) is 0 Å². The molecule has 1 aromatic rings. The topological polar surface area (TPSA) is 39.9 Å². The molecule has 1 heterocycles. The lowest BCUT2D eigenvalue weighted by Gasteiger charge is -2.13. The highest BCUT2D eigenvalue weighted by atomic mass is 32.1. The molecule has 0 N–H and O–H groups in total. The van der Waals surface area contributed by atoms with Gasteiger partial charge in [-0.2, -0.15) is 5.26 Å². The van der Waals surface area contributed by atoms with Gasteiger partial charge in [0.15, 0.2) is 0 Å². The van der Waals surface area contributed by atoms with Gasteiger partial charge in [0, 0.05) is 5.38 Å². The molecule has 0 aliphatic heterocycles. The Morgan fingerprint density at radius 3 is 2.82 bits per heavy atom. The second-order valence-corrected chi connectivity index (χ2v) is 3.13. The molecule has 0 aliphatic rings. The molecule has 0 aliphatic carbocycles. The van der Waals surface area contributed by atoms with E-state index in [9.17, 15) is 0 Å². The fraction of sp³-hybridized carbons (Fsp3) is 0.429. The molecule has 0 saturated carbocycles. The first-order valence-corrected chi connectivity index (χ1v) is 4.14. The number of thiazole rings is 1. The van der Waals surface area contributed by atoms with Gasteiger partial charge in [0.2, 0.25) is 0 Å². The fourth-order valence-corrected chi connectivity index (χ4v) is 1.38. The summed E-state index contributed by atoms with van der Waals surface area (Å²) >= 11 is 1.51. The van der Waals surface area contributed by atoms with Crippen LogP contribution in [0, 0.1) is 11.3 Å². The molecule has 3 nitrogen and oxygen atoms in total. The van der Waals surface area contributed by atoms with Crippen molar-refractivity contribution in [3.8, 4) is 6.07 Å². The van der Waals surface area contributed by atoms with E-state index in [2.05, 4.69) is 11.1 Å². The maximum atomic E-state index is 8.74. The molecular weight excluding hydrogens is 158 g/mol. The summed E-state index contributed by atoms with van der Waals surface area (Å²) < 4.78 is 0. The fourth-order valence-electron chi connectivity index (χ4n) is 0.803. The summed E-state index contributed by atoms with van der Waals surface area (Å²) in [6.07, 6.45) is 0. The Labute approximate surface area is 69.9 Å². The van der Waals surface area contributed by atoms with Crippen molar-refractivity contribution in [2.24, 2.45) is 0 Å². The summed E-state index contributed by atoms with van der Waals surface area (Å²) in [5.41, 5.74) is 2.57. The second kappa shape index (κ2) is 3.46. The van der Waals surface area contributed by atoms with Crippen LogP contribution >= 0.6 is 11.3 Å². The normalized spacial score (nSPS) is 12.9. The number of nitrogens with zero attached hydrogens (tertiary/aromatic N) is 3. The van der Waals surface area contributed by atoms with E-state index in [0.717, 1.165) is 5.69 Å². The highest BCUT2D eigenvalue weighted by Crippen LogP contribution is 2.15. The Hall–Kier alpha value is -0.920. The smallest absolute Gasteiger partial charge is 0.141 e. The number of aromatic nitrogens is 1. The molecule has 0 spiro atoms. The van der Waals surface area contributed by atoms with Gasteiger partial charge in [0.1, 0.15) is 6.04 Å². The number of rotatable bonds is 2. The molecule has 1 atom stereocenters. The molecule has 0 bridgehead atoms. The lowest BCUT2D eigenvalue weighted by Crippen LogP contribution is -2.18. The third kappa shape index (κ3) is 1.76. The predicted molar refractivity (Wildman–Crippen MR) is 44.2 cm³/mol. The average Bonchev–Trinajstić information content (AvgIpc) is 2.40. The van der Waals surface area contributed by atoms with E-state index < -0.39 is 0 Å². The Morgan fingerprint density at radius 1 is 1.73 bits per heavy atom. The van der Waals surface area contributed by atoms with Crippen molar-refractivity contribution in [1.29, 1.82) is 5.26 Å². The van der Waals surface area contributed by atoms with E-state index in [-0.39, 0.29) is 6.04 Å². The minimum Gasteiger partial charge on any atom is -0.289 e. The predicted octanol–water partition coefficient (Wildman–Crippen LogP) is 1.27. The lowest BCUT2D eigenvalue weighted by molar-refractivity contribution is 0.353. The van der Waals surface area contributed by atoms with E-state index in [1.165, 1.54) is 11.3 Å². The van der Waals surface area contributed by atoms with E-state index in [1.54, 1.807) is 5.51 Å². The van der Waals surface area contributed by atoms with E-state index >= 15 is 0 Å². The SMILES string of the molecule is CN(C)C(C#N)c1cscn1. The largest absolute Gasteiger partial charge is 0.289 e. The first-order valence-electron chi connectivity index (χ1n) is 3.20. The molecule has 11 heavy (non-hydrogen) atoms. The summed E-state index contributed by atoms with van der Waals surface area (Å²) in [5.74, 6) is 0. The number of hydrogen-bond donors (Lipinski definition) is 0. The molecule has 58 valence electrons. The Balaban J connectivity index is 2.82. The van der Waals surface area contributed by atoms with Gasteiger partial charge in [-0.25, -0.2) is 4.98 Å². The van der Waals surface area contributed by atoms with E-state index in [1.807, 2.05) is 24.4 Å². The summed E-state index contributed by atoms with van der Waals surface area (Å²) in [6.45, 7) is 0. The number of hydrogen-bond acceptors (Lipinski definition) is 4. The Kier molecular flexibility index (Phi) is 2.58. The van der Waals surface area contributed by atoms with Gasteiger partial charge in [-0.15, -0.1) is 11.3 Å². The minimum absolute atomic E-state index is 0.207. The highest BCUT2D eigenvalue weighted by molar-refractivity contribution is 7.07. The van der Waals surface area contributed by atoms with E-state index in [0.29, 0.717) is 0 Å². The molecular formula is C7H9N3S. The molecule has 4 heteroatoms. The van der Waals surface area contributed by atoms with Gasteiger partial charge in [-0.05, 0) is 14.1 Å². The van der Waals surface area contributed by atoms with Crippen LogP contribution in [-0.2, 0) is 0 Å². The zero-order valence-corrected chi connectivity index (χ0v) is 7.30. The van der Waals surface area contributed by atoms with Crippen LogP contribution in [0.1, 0.15) is 11.7 Å². The summed E-state index contributed by atoms with van der Waals surface area (Å²) in [5, 5.41) is 10.6. The maximum Gasteiger partial charge on any atom is 0.141 e. The van der Waals surface area contributed by atoms with Crippen molar-refractivity contribution in [2.75, 3.05) is 14.1 Å². The molecule has 0 amide bonds. The molecule has 1 rings (SSSR count). The van der Waals surface area contributed by atoms with Crippen molar-refractivity contribution in [2.45, 2.75) is 6.04 Å². The van der Waals surface area contributed by atoms with Gasteiger partial charge in [-0.3, -0.25) is 4.90 Å². The van der Waals surface area contributed by atoms with Crippen molar-refractivity contribution in [1.82, 2.24) is 9.88 Å². The summed E-state index contributed by atoms with van der Waals surface area (Å²) in [4.78, 5) is 5.91. The molecule has 0 saturated heterocycles. The van der Waals surface area contributed by atoms with Gasteiger partial charge >= 0.3 is 0 Å². The van der Waals surface area contributed by atoms with Gasteiger partial charge in [0.25, 0.3) is 0 Å². The monoisotopic (exact) mass is 167 g/mol. The van der Waals surface area contributed by atoms with Crippen LogP contribution in [0.4, 0.5) is 0 Å². The molecule has 0 fully saturated rings. The quantitative estimate of drug-likeness (QED) is 0.666. The van der Waals surface area contributed by atoms with Crippen molar-refractivity contribution in [3.63, 3.8) is 0 Å². The second-order valence-electron chi connectivity index (χ2n) is 2.41. The van der Waals surface area contributed by atoms with Gasteiger partial charge < -0.3 is 0 Å². The standard InChI is InChI=1S/C7H9N3S/c1-10(2)7(3-8)6-4-11-5-9-6/h4-5,7H,1-2H3. The third-order valence-electron chi connectivity index (χ3n) is 1.37. The number of nitriles is 1. The zero-order chi connectivity index (χ0) is 8.27. The van der Waals surface area contributed by atoms with Crippen molar-refractivity contribution >= 4 is 11.3 Å². The highest BCUT2D eigenvalue weighted by Gasteiger charge is 2.13. The van der Waals surface area contributed by atoms with Crippen LogP contribution in [-0.4, -0.2) is 24.0 Å². The van der Waals surface area contributed by atoms with Gasteiger partial charge in [-0.1, -0.05) is 0 Å². The van der Waals surface area contributed by atoms with Crippen LogP contribution in [0.15, 0.2) is 10.9 Å². The molecule has 1 unspecified atom stereocenters. The van der Waals surface area contributed by atoms with Gasteiger partial charge in [0.05, 0.1) is 17.3 Å². The average molecular weight is 167 g/mol. The molecule has 0 radical (unpaired) electrons. The lowest BCUT2D eigenvalue weighted by atomic mass is 10.2. The Morgan fingerprint density at radius 2 is 2.45 bits per heavy atom. The molecule has 1 aromatic heterocycles. The van der Waals surface area contributed by atoms with E-state index in [4.69, 9.17) is 5.26 Å². The first-order chi connectivity index (χ1) is 5.25. The van der Waals surface area contributed by atoms with Crippen molar-refractivity contribution in [3.05, 3.63) is 16.6 Å². The third-order valence-corrected chi connectivity index (χ3v) is 1.97. The minimum atomic E-state index is -0.207. The van der Waals surface area contributed by atoms with Crippen LogP contribution in [0.5, 0.6) is 0 Å². The van der Waals surface area contributed by atoms with Crippen LogP contribution in [0.3, 0.4) is 0 Å². The summed E-state index contributed by atoms with van der Waals surface area (Å²) in [7, 11) is 3.74. The molecule has 0 aromatic carbocycles. The first kappa shape index (κ1) is 8.18. The summed E-state index contributed by atoms with van der Waals surface area (Å²) in [6, 6.07) is 1.97. The van der Waals surface area contributed by atoms with Crippen LogP contribution < -0.4 is 0 Å². The maximum absolute atomic E-state index is 8.74. The Bertz CT molecular complexity index is 247.